The Morgan fingerprint density at radius 1 is 0.909 bits per heavy atom. The SMILES string of the molecule is COc1cc(/C=C2/SC(N3CCN(c4cccc(C)n4)CC3)=NC2=O)ccc1OCc1ccc(C(F)(F)F)cc1C(F)(F)F. The number of pyridine rings is 1. The average Bonchev–Trinajstić information content (AvgIpc) is 3.35. The molecule has 0 bridgehead atoms. The van der Waals surface area contributed by atoms with Crippen molar-refractivity contribution >= 4 is 34.7 Å². The molecule has 14 heteroatoms. The lowest BCUT2D eigenvalue weighted by Gasteiger charge is -2.36. The first-order valence-electron chi connectivity index (χ1n) is 13.4. The Kier molecular flexibility index (Phi) is 8.82. The van der Waals surface area contributed by atoms with Crippen LogP contribution >= 0.6 is 11.8 Å². The highest BCUT2D eigenvalue weighted by Crippen LogP contribution is 2.39. The summed E-state index contributed by atoms with van der Waals surface area (Å²) >= 11 is 1.25. The van der Waals surface area contributed by atoms with Crippen LogP contribution in [0.25, 0.3) is 6.08 Å². The van der Waals surface area contributed by atoms with Gasteiger partial charge in [-0.05, 0) is 66.7 Å². The van der Waals surface area contributed by atoms with Gasteiger partial charge in [0.2, 0.25) is 0 Å². The molecule has 0 radical (unpaired) electrons. The summed E-state index contributed by atoms with van der Waals surface area (Å²) < 4.78 is 90.4. The van der Waals surface area contributed by atoms with Gasteiger partial charge in [-0.1, -0.05) is 18.2 Å². The zero-order chi connectivity index (χ0) is 31.6. The molecule has 0 saturated carbocycles. The van der Waals surface area contributed by atoms with Crippen LogP contribution in [0.1, 0.15) is 27.9 Å². The minimum atomic E-state index is -5.02. The van der Waals surface area contributed by atoms with E-state index >= 15 is 0 Å². The van der Waals surface area contributed by atoms with Gasteiger partial charge in [0, 0.05) is 37.4 Å². The molecule has 2 aromatic carbocycles. The second-order valence-corrected chi connectivity index (χ2v) is 11.0. The van der Waals surface area contributed by atoms with E-state index in [0.717, 1.165) is 30.7 Å². The van der Waals surface area contributed by atoms with E-state index in [1.807, 2.05) is 30.0 Å². The van der Waals surface area contributed by atoms with Gasteiger partial charge in [0.05, 0.1) is 23.1 Å². The predicted octanol–water partition coefficient (Wildman–Crippen LogP) is 6.81. The number of aryl methyl sites for hydroxylation is 1. The number of ether oxygens (including phenoxy) is 2. The van der Waals surface area contributed by atoms with E-state index in [0.29, 0.717) is 34.8 Å². The van der Waals surface area contributed by atoms with E-state index in [2.05, 4.69) is 14.9 Å². The van der Waals surface area contributed by atoms with Gasteiger partial charge in [0.1, 0.15) is 12.4 Å². The number of amidine groups is 1. The monoisotopic (exact) mass is 636 g/mol. The Hall–Kier alpha value is -4.20. The number of alkyl halides is 6. The van der Waals surface area contributed by atoms with Crippen molar-refractivity contribution in [1.82, 2.24) is 9.88 Å². The number of thioether (sulfide) groups is 1. The third kappa shape index (κ3) is 7.12. The molecule has 2 aliphatic heterocycles. The zero-order valence-electron chi connectivity index (χ0n) is 23.5. The van der Waals surface area contributed by atoms with Crippen molar-refractivity contribution in [3.05, 3.63) is 87.5 Å². The Morgan fingerprint density at radius 2 is 1.64 bits per heavy atom. The van der Waals surface area contributed by atoms with Crippen LogP contribution in [0.15, 0.2) is 64.5 Å². The molecule has 0 unspecified atom stereocenters. The Morgan fingerprint density at radius 3 is 2.30 bits per heavy atom. The van der Waals surface area contributed by atoms with Crippen molar-refractivity contribution in [2.75, 3.05) is 38.2 Å². The molecule has 232 valence electrons. The largest absolute Gasteiger partial charge is 0.493 e. The summed E-state index contributed by atoms with van der Waals surface area (Å²) in [5.74, 6) is 0.751. The first-order valence-corrected chi connectivity index (χ1v) is 14.2. The maximum Gasteiger partial charge on any atom is 0.416 e. The number of amides is 1. The maximum absolute atomic E-state index is 13.5. The number of hydrogen-bond donors (Lipinski definition) is 0. The molecule has 1 saturated heterocycles. The van der Waals surface area contributed by atoms with E-state index in [1.54, 1.807) is 18.2 Å². The van der Waals surface area contributed by atoms with E-state index in [1.165, 1.54) is 24.9 Å². The molecule has 0 atom stereocenters. The fourth-order valence-electron chi connectivity index (χ4n) is 4.71. The second-order valence-electron chi connectivity index (χ2n) is 9.99. The molecule has 2 aliphatic rings. The minimum absolute atomic E-state index is 0.0685. The molecule has 7 nitrogen and oxygen atoms in total. The number of anilines is 1. The standard InChI is InChI=1S/C30H26F6N4O3S/c1-18-4-3-5-26(37-18)39-10-12-40(13-11-39)28-38-27(41)25(44-28)15-19-6-9-23(24(14-19)42-2)43-17-20-7-8-21(29(31,32)33)16-22(20)30(34,35)36/h3-9,14-16H,10-13,17H2,1-2H3/b25-15+. The number of hydrogen-bond acceptors (Lipinski definition) is 7. The zero-order valence-corrected chi connectivity index (χ0v) is 24.3. The summed E-state index contributed by atoms with van der Waals surface area (Å²) in [6.45, 7) is 4.06. The van der Waals surface area contributed by atoms with E-state index in [9.17, 15) is 31.1 Å². The van der Waals surface area contributed by atoms with Crippen molar-refractivity contribution < 1.29 is 40.6 Å². The fraction of sp³-hybridized carbons (Fsp3) is 0.300. The highest BCUT2D eigenvalue weighted by molar-refractivity contribution is 8.18. The van der Waals surface area contributed by atoms with Crippen LogP contribution in [-0.2, 0) is 23.8 Å². The van der Waals surface area contributed by atoms with Crippen molar-refractivity contribution in [2.24, 2.45) is 4.99 Å². The van der Waals surface area contributed by atoms with Gasteiger partial charge in [-0.15, -0.1) is 0 Å². The Bertz CT molecular complexity index is 1610. The summed E-state index contributed by atoms with van der Waals surface area (Å²) in [5.41, 5.74) is -1.81. The number of halogens is 6. The second kappa shape index (κ2) is 12.4. The number of carbonyl (C=O) groups is 1. The number of carbonyl (C=O) groups excluding carboxylic acids is 1. The quantitative estimate of drug-likeness (QED) is 0.218. The molecule has 3 heterocycles. The molecular weight excluding hydrogens is 610 g/mol. The molecular formula is C30H26F6N4O3S. The van der Waals surface area contributed by atoms with E-state index < -0.39 is 41.6 Å². The fourth-order valence-corrected chi connectivity index (χ4v) is 5.67. The van der Waals surface area contributed by atoms with Crippen LogP contribution in [0.2, 0.25) is 0 Å². The lowest BCUT2D eigenvalue weighted by Crippen LogP contribution is -2.48. The summed E-state index contributed by atoms with van der Waals surface area (Å²) in [6.07, 6.45) is -8.31. The van der Waals surface area contributed by atoms with Gasteiger partial charge in [-0.25, -0.2) is 4.98 Å². The molecule has 44 heavy (non-hydrogen) atoms. The number of methoxy groups -OCH3 is 1. The summed E-state index contributed by atoms with van der Waals surface area (Å²) in [4.78, 5) is 26.1. The first-order chi connectivity index (χ1) is 20.8. The highest BCUT2D eigenvalue weighted by atomic mass is 32.2. The van der Waals surface area contributed by atoms with E-state index in [-0.39, 0.29) is 17.6 Å². The number of benzene rings is 2. The van der Waals surface area contributed by atoms with Gasteiger partial charge in [0.25, 0.3) is 5.91 Å². The van der Waals surface area contributed by atoms with Crippen molar-refractivity contribution in [2.45, 2.75) is 25.9 Å². The molecule has 1 aromatic heterocycles. The number of piperazine rings is 1. The molecule has 1 fully saturated rings. The predicted molar refractivity (Wildman–Crippen MR) is 155 cm³/mol. The number of nitrogens with zero attached hydrogens (tertiary/aromatic N) is 4. The van der Waals surface area contributed by atoms with Crippen molar-refractivity contribution in [1.29, 1.82) is 0 Å². The van der Waals surface area contributed by atoms with E-state index in [4.69, 9.17) is 9.47 Å². The van der Waals surface area contributed by atoms with Crippen molar-refractivity contribution in [3.8, 4) is 11.5 Å². The van der Waals surface area contributed by atoms with Crippen LogP contribution < -0.4 is 14.4 Å². The topological polar surface area (TPSA) is 67.3 Å². The van der Waals surface area contributed by atoms with Gasteiger partial charge >= 0.3 is 12.4 Å². The lowest BCUT2D eigenvalue weighted by molar-refractivity contribution is -0.143. The highest BCUT2D eigenvalue weighted by Gasteiger charge is 2.38. The molecule has 5 rings (SSSR count). The van der Waals surface area contributed by atoms with Gasteiger partial charge < -0.3 is 19.3 Å². The number of aliphatic imine (C=N–C) groups is 1. The van der Waals surface area contributed by atoms with Crippen LogP contribution in [-0.4, -0.2) is 54.2 Å². The molecule has 0 N–H and O–H groups in total. The number of aromatic nitrogens is 1. The Balaban J connectivity index is 1.24. The maximum atomic E-state index is 13.5. The molecule has 0 aliphatic carbocycles. The Labute approximate surface area is 253 Å². The van der Waals surface area contributed by atoms with Gasteiger partial charge in [0.15, 0.2) is 16.7 Å². The molecule has 3 aromatic rings. The lowest BCUT2D eigenvalue weighted by atomic mass is 10.0. The third-order valence-corrected chi connectivity index (χ3v) is 8.01. The van der Waals surface area contributed by atoms with Crippen molar-refractivity contribution in [3.63, 3.8) is 0 Å². The number of rotatable bonds is 6. The minimum Gasteiger partial charge on any atom is -0.493 e. The van der Waals surface area contributed by atoms with Gasteiger partial charge in [-0.2, -0.15) is 31.3 Å². The normalized spacial score (nSPS) is 16.9. The third-order valence-electron chi connectivity index (χ3n) is 6.97. The van der Waals surface area contributed by atoms with Crippen LogP contribution in [0.4, 0.5) is 32.2 Å². The van der Waals surface area contributed by atoms with Gasteiger partial charge in [-0.3, -0.25) is 4.79 Å². The van der Waals surface area contributed by atoms with Crippen LogP contribution in [0, 0.1) is 6.92 Å². The summed E-state index contributed by atoms with van der Waals surface area (Å²) in [5, 5.41) is 0.599. The van der Waals surface area contributed by atoms with Crippen LogP contribution in [0.5, 0.6) is 11.5 Å². The average molecular weight is 637 g/mol. The smallest absolute Gasteiger partial charge is 0.416 e. The first kappa shape index (κ1) is 31.2. The summed E-state index contributed by atoms with van der Waals surface area (Å²) in [6, 6.07) is 11.8. The van der Waals surface area contributed by atoms with Crippen LogP contribution in [0.3, 0.4) is 0 Å². The summed E-state index contributed by atoms with van der Waals surface area (Å²) in [7, 11) is 1.33. The molecule has 1 amide bonds. The molecule has 0 spiro atoms.